The Balaban J connectivity index is 2.22. The van der Waals surface area contributed by atoms with Crippen LogP contribution in [0.5, 0.6) is 0 Å². The molecular weight excluding hydrogens is 301 g/mol. The number of rotatable bonds is 1. The maximum absolute atomic E-state index is 14.1. The summed E-state index contributed by atoms with van der Waals surface area (Å²) in [6.45, 7) is 0.267. The Morgan fingerprint density at radius 2 is 2.05 bits per heavy atom. The van der Waals surface area contributed by atoms with Gasteiger partial charge in [-0.3, -0.25) is 4.99 Å². The van der Waals surface area contributed by atoms with Gasteiger partial charge in [0.25, 0.3) is 0 Å². The zero-order valence-electron chi connectivity index (χ0n) is 11.5. The Hall–Kier alpha value is -2.64. The molecule has 0 fully saturated rings. The van der Waals surface area contributed by atoms with Crippen LogP contribution in [0.15, 0.2) is 59.2 Å². The first kappa shape index (κ1) is 14.3. The number of nitrogens with zero attached hydrogens (tertiary/aromatic N) is 2. The first-order valence-electron chi connectivity index (χ1n) is 6.64. The molecule has 1 N–H and O–H groups in total. The van der Waals surface area contributed by atoms with E-state index in [0.717, 1.165) is 5.69 Å². The molecule has 2 aromatic rings. The largest absolute Gasteiger partial charge is 0.356 e. The number of aliphatic imine (C=N–C) groups is 1. The Morgan fingerprint density at radius 3 is 2.82 bits per heavy atom. The van der Waals surface area contributed by atoms with E-state index < -0.39 is 0 Å². The molecule has 0 spiro atoms. The lowest BCUT2D eigenvalue weighted by molar-refractivity contribution is 0.625. The molecule has 3 rings (SSSR count). The molecule has 1 aliphatic rings. The lowest BCUT2D eigenvalue weighted by atomic mass is 10.00. The summed E-state index contributed by atoms with van der Waals surface area (Å²) in [4.78, 5) is 4.47. The average molecular weight is 312 g/mol. The molecule has 0 radical (unpaired) electrons. The predicted molar refractivity (Wildman–Crippen MR) is 85.7 cm³/mol. The van der Waals surface area contributed by atoms with E-state index in [2.05, 4.69) is 10.3 Å². The highest BCUT2D eigenvalue weighted by Crippen LogP contribution is 2.28. The van der Waals surface area contributed by atoms with Crippen molar-refractivity contribution in [2.45, 2.75) is 0 Å². The summed E-state index contributed by atoms with van der Waals surface area (Å²) in [5, 5.41) is 12.5. The summed E-state index contributed by atoms with van der Waals surface area (Å²) < 4.78 is 14.1. The van der Waals surface area contributed by atoms with Crippen LogP contribution < -0.4 is 5.32 Å². The van der Waals surface area contributed by atoms with Gasteiger partial charge in [-0.1, -0.05) is 23.7 Å². The van der Waals surface area contributed by atoms with Crippen LogP contribution >= 0.6 is 11.6 Å². The zero-order valence-corrected chi connectivity index (χ0v) is 12.2. The van der Waals surface area contributed by atoms with Gasteiger partial charge in [0, 0.05) is 33.6 Å². The van der Waals surface area contributed by atoms with Crippen LogP contribution in [0.3, 0.4) is 0 Å². The van der Waals surface area contributed by atoms with Crippen LogP contribution in [0, 0.1) is 17.1 Å². The van der Waals surface area contributed by atoms with Gasteiger partial charge < -0.3 is 5.32 Å². The van der Waals surface area contributed by atoms with Crippen molar-refractivity contribution in [3.8, 4) is 6.07 Å². The maximum Gasteiger partial charge on any atom is 0.132 e. The van der Waals surface area contributed by atoms with Gasteiger partial charge in [-0.2, -0.15) is 5.26 Å². The molecule has 0 aromatic heterocycles. The minimum absolute atomic E-state index is 0.267. The number of nitriles is 1. The van der Waals surface area contributed by atoms with Gasteiger partial charge >= 0.3 is 0 Å². The number of halogens is 2. The van der Waals surface area contributed by atoms with Crippen LogP contribution in [0.1, 0.15) is 11.1 Å². The van der Waals surface area contributed by atoms with Gasteiger partial charge in [0.2, 0.25) is 0 Å². The molecule has 0 bridgehead atoms. The van der Waals surface area contributed by atoms with Crippen LogP contribution in [0.2, 0.25) is 5.02 Å². The third-order valence-corrected chi connectivity index (χ3v) is 3.54. The molecule has 0 saturated carbocycles. The second kappa shape index (κ2) is 6.00. The molecule has 22 heavy (non-hydrogen) atoms. The smallest absolute Gasteiger partial charge is 0.132 e. The molecule has 1 aliphatic heterocycles. The highest BCUT2D eigenvalue weighted by atomic mass is 35.5. The van der Waals surface area contributed by atoms with Gasteiger partial charge in [-0.25, -0.2) is 4.39 Å². The topological polar surface area (TPSA) is 48.2 Å². The first-order valence-corrected chi connectivity index (χ1v) is 7.02. The minimum Gasteiger partial charge on any atom is -0.356 e. The van der Waals surface area contributed by atoms with Crippen LogP contribution in [0.4, 0.5) is 10.1 Å². The van der Waals surface area contributed by atoms with E-state index in [4.69, 9.17) is 16.9 Å². The molecule has 0 saturated heterocycles. The summed E-state index contributed by atoms with van der Waals surface area (Å²) in [5.41, 5.74) is 3.03. The Bertz CT molecular complexity index is 834. The highest BCUT2D eigenvalue weighted by molar-refractivity contribution is 6.31. The molecule has 3 nitrogen and oxygen atoms in total. The van der Waals surface area contributed by atoms with E-state index in [9.17, 15) is 4.39 Å². The van der Waals surface area contributed by atoms with E-state index in [1.807, 2.05) is 6.07 Å². The van der Waals surface area contributed by atoms with Crippen molar-refractivity contribution in [2.24, 2.45) is 4.99 Å². The van der Waals surface area contributed by atoms with Crippen LogP contribution in [-0.4, -0.2) is 12.3 Å². The minimum atomic E-state index is -0.347. The van der Waals surface area contributed by atoms with Crippen molar-refractivity contribution in [3.63, 3.8) is 0 Å². The summed E-state index contributed by atoms with van der Waals surface area (Å²) in [7, 11) is 0. The second-order valence-corrected chi connectivity index (χ2v) is 5.19. The van der Waals surface area contributed by atoms with Crippen molar-refractivity contribution in [2.75, 3.05) is 11.9 Å². The van der Waals surface area contributed by atoms with Crippen LogP contribution in [0.25, 0.3) is 0 Å². The molecule has 5 heteroatoms. The molecule has 0 amide bonds. The first-order chi connectivity index (χ1) is 10.7. The van der Waals surface area contributed by atoms with Crippen molar-refractivity contribution in [3.05, 3.63) is 76.2 Å². The second-order valence-electron chi connectivity index (χ2n) is 4.76. The fraction of sp³-hybridized carbons (Fsp3) is 0.0588. The Labute approximate surface area is 132 Å². The Morgan fingerprint density at radius 1 is 1.23 bits per heavy atom. The number of allylic oxidation sites excluding steroid dienone is 1. The third-order valence-electron chi connectivity index (χ3n) is 3.31. The summed E-state index contributed by atoms with van der Waals surface area (Å²) >= 11 is 6.08. The average Bonchev–Trinajstić information content (AvgIpc) is 2.68. The zero-order chi connectivity index (χ0) is 15.5. The maximum atomic E-state index is 14.1. The summed E-state index contributed by atoms with van der Waals surface area (Å²) in [6.07, 6.45) is 1.40. The fourth-order valence-electron chi connectivity index (χ4n) is 2.33. The number of benzodiazepines with no additional fused rings is 1. The van der Waals surface area contributed by atoms with Crippen molar-refractivity contribution >= 4 is 23.0 Å². The Kier molecular flexibility index (Phi) is 3.90. The van der Waals surface area contributed by atoms with Gasteiger partial charge in [-0.05, 0) is 30.3 Å². The van der Waals surface area contributed by atoms with Crippen molar-refractivity contribution in [1.29, 1.82) is 5.26 Å². The van der Waals surface area contributed by atoms with E-state index in [1.54, 1.807) is 36.4 Å². The van der Waals surface area contributed by atoms with Crippen molar-refractivity contribution in [1.82, 2.24) is 0 Å². The third kappa shape index (κ3) is 2.72. The lowest BCUT2D eigenvalue weighted by Crippen LogP contribution is -2.07. The standard InChI is InChI=1S/C17H11ClFN3/c18-11-5-6-16-14(9-11)17(13-3-1-2-4-15(13)19)21-10-12(22-16)7-8-20/h1-7,9,22H,10H2/b12-7-. The molecular formula is C17H11ClFN3. The fourth-order valence-corrected chi connectivity index (χ4v) is 2.50. The number of anilines is 1. The summed E-state index contributed by atoms with van der Waals surface area (Å²) in [5.74, 6) is -0.347. The molecule has 0 unspecified atom stereocenters. The normalized spacial score (nSPS) is 15.3. The number of hydrogen-bond acceptors (Lipinski definition) is 3. The van der Waals surface area contributed by atoms with Crippen molar-refractivity contribution < 1.29 is 4.39 Å². The molecule has 0 aliphatic carbocycles. The quantitative estimate of drug-likeness (QED) is 0.804. The highest BCUT2D eigenvalue weighted by Gasteiger charge is 2.19. The monoisotopic (exact) mass is 311 g/mol. The molecule has 0 atom stereocenters. The van der Waals surface area contributed by atoms with E-state index in [1.165, 1.54) is 12.1 Å². The number of hydrogen-bond donors (Lipinski definition) is 1. The SMILES string of the molecule is N#C/C=C1/CN=C(c2ccccc2F)c2cc(Cl)ccc2N1. The summed E-state index contributed by atoms with van der Waals surface area (Å²) in [6, 6.07) is 13.7. The van der Waals surface area contributed by atoms with E-state index in [0.29, 0.717) is 27.6 Å². The lowest BCUT2D eigenvalue weighted by Gasteiger charge is -2.11. The van der Waals surface area contributed by atoms with E-state index >= 15 is 0 Å². The molecule has 1 heterocycles. The van der Waals surface area contributed by atoms with Gasteiger partial charge in [0.05, 0.1) is 18.3 Å². The van der Waals surface area contributed by atoms with Gasteiger partial charge in [0.1, 0.15) is 5.82 Å². The molecule has 108 valence electrons. The number of fused-ring (bicyclic) bond motifs is 1. The van der Waals surface area contributed by atoms with Gasteiger partial charge in [-0.15, -0.1) is 0 Å². The predicted octanol–water partition coefficient (Wildman–Crippen LogP) is 4.15. The van der Waals surface area contributed by atoms with E-state index in [-0.39, 0.29) is 12.4 Å². The molecule has 2 aromatic carbocycles. The number of benzene rings is 2. The van der Waals surface area contributed by atoms with Gasteiger partial charge in [0.15, 0.2) is 0 Å². The number of nitrogens with one attached hydrogen (secondary N) is 1. The van der Waals surface area contributed by atoms with Crippen LogP contribution in [-0.2, 0) is 0 Å².